The van der Waals surface area contributed by atoms with Crippen LogP contribution < -0.4 is 4.90 Å². The molecule has 0 saturated heterocycles. The van der Waals surface area contributed by atoms with Crippen LogP contribution in [0.25, 0.3) is 0 Å². The van der Waals surface area contributed by atoms with Crippen molar-refractivity contribution in [1.29, 1.82) is 0 Å². The third-order valence-corrected chi connectivity index (χ3v) is 4.78. The molecule has 2 atom stereocenters. The first-order valence-corrected chi connectivity index (χ1v) is 7.80. The van der Waals surface area contributed by atoms with Crippen LogP contribution in [0.1, 0.15) is 37.7 Å². The van der Waals surface area contributed by atoms with Gasteiger partial charge in [-0.2, -0.15) is 0 Å². The van der Waals surface area contributed by atoms with E-state index in [0.717, 1.165) is 31.4 Å². The van der Waals surface area contributed by atoms with E-state index in [1.807, 2.05) is 23.1 Å². The first-order chi connectivity index (χ1) is 10.2. The van der Waals surface area contributed by atoms with Crippen LogP contribution in [-0.2, 0) is 16.0 Å². The molecule has 1 heterocycles. The maximum atomic E-state index is 12.9. The fraction of sp³-hybridized carbons (Fsp3) is 0.529. The predicted molar refractivity (Wildman–Crippen MR) is 80.2 cm³/mol. The molecule has 1 saturated carbocycles. The number of hydrogen-bond acceptors (Lipinski definition) is 2. The number of amides is 1. The Morgan fingerprint density at radius 3 is 2.52 bits per heavy atom. The van der Waals surface area contributed by atoms with E-state index in [0.29, 0.717) is 19.4 Å². The molecular weight excluding hydrogens is 266 g/mol. The highest BCUT2D eigenvalue weighted by atomic mass is 16.4. The molecule has 112 valence electrons. The van der Waals surface area contributed by atoms with Crippen molar-refractivity contribution in [3.8, 4) is 0 Å². The van der Waals surface area contributed by atoms with Crippen molar-refractivity contribution < 1.29 is 14.7 Å². The van der Waals surface area contributed by atoms with Crippen molar-refractivity contribution in [2.24, 2.45) is 11.8 Å². The molecule has 4 nitrogen and oxygen atoms in total. The maximum Gasteiger partial charge on any atom is 0.307 e. The first-order valence-electron chi connectivity index (χ1n) is 7.80. The summed E-state index contributed by atoms with van der Waals surface area (Å²) in [4.78, 5) is 26.1. The number of aryl methyl sites for hydroxylation is 1. The monoisotopic (exact) mass is 287 g/mol. The minimum absolute atomic E-state index is 0.00856. The fourth-order valence-corrected chi connectivity index (χ4v) is 3.68. The molecule has 21 heavy (non-hydrogen) atoms. The van der Waals surface area contributed by atoms with E-state index < -0.39 is 11.9 Å². The van der Waals surface area contributed by atoms with Crippen molar-refractivity contribution in [2.45, 2.75) is 38.5 Å². The van der Waals surface area contributed by atoms with Gasteiger partial charge in [0.15, 0.2) is 0 Å². The minimum Gasteiger partial charge on any atom is -0.481 e. The molecule has 0 spiro atoms. The molecule has 1 aromatic carbocycles. The van der Waals surface area contributed by atoms with Gasteiger partial charge in [0, 0.05) is 12.2 Å². The van der Waals surface area contributed by atoms with Crippen molar-refractivity contribution in [3.05, 3.63) is 29.8 Å². The van der Waals surface area contributed by atoms with Crippen molar-refractivity contribution >= 4 is 17.6 Å². The van der Waals surface area contributed by atoms with Crippen LogP contribution >= 0.6 is 0 Å². The van der Waals surface area contributed by atoms with Gasteiger partial charge >= 0.3 is 5.97 Å². The largest absolute Gasteiger partial charge is 0.481 e. The number of carboxylic acids is 1. The van der Waals surface area contributed by atoms with Crippen LogP contribution in [-0.4, -0.2) is 23.5 Å². The standard InChI is InChI=1S/C17H21NO3/c19-16(13-8-2-3-9-14(13)17(20)21)18-11-5-7-12-6-1-4-10-15(12)18/h1,4,6,10,13-14H,2-3,5,7-9,11H2,(H,20,21)/t13-,14-/m0/s1. The zero-order valence-corrected chi connectivity index (χ0v) is 12.1. The lowest BCUT2D eigenvalue weighted by Crippen LogP contribution is -2.44. The smallest absolute Gasteiger partial charge is 0.307 e. The van der Waals surface area contributed by atoms with Crippen LogP contribution in [0.2, 0.25) is 0 Å². The first kappa shape index (κ1) is 14.1. The number of anilines is 1. The second-order valence-electron chi connectivity index (χ2n) is 6.06. The van der Waals surface area contributed by atoms with Crippen LogP contribution in [0.15, 0.2) is 24.3 Å². The average Bonchev–Trinajstić information content (AvgIpc) is 2.53. The van der Waals surface area contributed by atoms with Gasteiger partial charge < -0.3 is 10.0 Å². The molecule has 0 aromatic heterocycles. The molecule has 1 amide bonds. The van der Waals surface area contributed by atoms with Gasteiger partial charge in [-0.25, -0.2) is 0 Å². The Hall–Kier alpha value is -1.84. The molecule has 0 bridgehead atoms. The highest BCUT2D eigenvalue weighted by molar-refractivity contribution is 5.98. The van der Waals surface area contributed by atoms with Gasteiger partial charge in [-0.1, -0.05) is 31.0 Å². The molecule has 0 radical (unpaired) electrons. The van der Waals surface area contributed by atoms with Crippen LogP contribution in [0.4, 0.5) is 5.69 Å². The SMILES string of the molecule is O=C(O)[C@H]1CCCC[C@@H]1C(=O)N1CCCc2ccccc21. The van der Waals surface area contributed by atoms with E-state index in [1.54, 1.807) is 0 Å². The molecule has 3 rings (SSSR count). The molecule has 1 aliphatic carbocycles. The predicted octanol–water partition coefficient (Wildman–Crippen LogP) is 2.86. The number of hydrogen-bond donors (Lipinski definition) is 1. The highest BCUT2D eigenvalue weighted by Crippen LogP contribution is 2.35. The third kappa shape index (κ3) is 2.67. The zero-order valence-electron chi connectivity index (χ0n) is 12.1. The highest BCUT2D eigenvalue weighted by Gasteiger charge is 2.38. The molecule has 1 N–H and O–H groups in total. The Bertz CT molecular complexity index is 555. The Morgan fingerprint density at radius 2 is 1.76 bits per heavy atom. The van der Waals surface area contributed by atoms with Gasteiger partial charge in [0.25, 0.3) is 0 Å². The zero-order chi connectivity index (χ0) is 14.8. The average molecular weight is 287 g/mol. The number of carboxylic acid groups (broad SMARTS) is 1. The Kier molecular flexibility index (Phi) is 3.95. The Labute approximate surface area is 124 Å². The number of nitrogens with zero attached hydrogens (tertiary/aromatic N) is 1. The van der Waals surface area contributed by atoms with Crippen LogP contribution in [0.5, 0.6) is 0 Å². The molecule has 1 aliphatic heterocycles. The topological polar surface area (TPSA) is 57.6 Å². The summed E-state index contributed by atoms with van der Waals surface area (Å²) in [5, 5.41) is 9.38. The summed E-state index contributed by atoms with van der Waals surface area (Å²) in [5.74, 6) is -1.68. The van der Waals surface area contributed by atoms with E-state index in [9.17, 15) is 14.7 Å². The summed E-state index contributed by atoms with van der Waals surface area (Å²) in [7, 11) is 0. The van der Waals surface area contributed by atoms with Crippen molar-refractivity contribution in [1.82, 2.24) is 0 Å². The molecule has 4 heteroatoms. The van der Waals surface area contributed by atoms with Crippen LogP contribution in [0, 0.1) is 11.8 Å². The summed E-state index contributed by atoms with van der Waals surface area (Å²) in [6, 6.07) is 7.97. The Balaban J connectivity index is 1.86. The Morgan fingerprint density at radius 1 is 1.05 bits per heavy atom. The van der Waals surface area contributed by atoms with Gasteiger partial charge in [0.05, 0.1) is 11.8 Å². The van der Waals surface area contributed by atoms with Crippen molar-refractivity contribution in [3.63, 3.8) is 0 Å². The molecule has 2 aliphatic rings. The summed E-state index contributed by atoms with van der Waals surface area (Å²) >= 11 is 0. The lowest BCUT2D eigenvalue weighted by Gasteiger charge is -2.35. The van der Waals surface area contributed by atoms with Crippen molar-refractivity contribution in [2.75, 3.05) is 11.4 Å². The fourth-order valence-electron chi connectivity index (χ4n) is 3.68. The second kappa shape index (κ2) is 5.88. The summed E-state index contributed by atoms with van der Waals surface area (Å²) in [5.41, 5.74) is 2.17. The number of para-hydroxylation sites is 1. The second-order valence-corrected chi connectivity index (χ2v) is 6.06. The molecule has 1 fully saturated rings. The number of carbonyl (C=O) groups is 2. The van der Waals surface area contributed by atoms with E-state index in [2.05, 4.69) is 6.07 Å². The quantitative estimate of drug-likeness (QED) is 0.910. The molecular formula is C17H21NO3. The normalized spacial score (nSPS) is 25.2. The molecule has 0 unspecified atom stereocenters. The van der Waals surface area contributed by atoms with E-state index in [1.165, 1.54) is 5.56 Å². The lowest BCUT2D eigenvalue weighted by atomic mass is 9.78. The molecule has 1 aromatic rings. The van der Waals surface area contributed by atoms with E-state index in [-0.39, 0.29) is 11.8 Å². The minimum atomic E-state index is -0.821. The summed E-state index contributed by atoms with van der Waals surface area (Å²) < 4.78 is 0. The van der Waals surface area contributed by atoms with Gasteiger partial charge in [-0.05, 0) is 37.3 Å². The maximum absolute atomic E-state index is 12.9. The summed E-state index contributed by atoms with van der Waals surface area (Å²) in [6.07, 6.45) is 5.14. The van der Waals surface area contributed by atoms with Crippen LogP contribution in [0.3, 0.4) is 0 Å². The summed E-state index contributed by atoms with van der Waals surface area (Å²) in [6.45, 7) is 0.707. The lowest BCUT2D eigenvalue weighted by molar-refractivity contribution is -0.148. The van der Waals surface area contributed by atoms with E-state index in [4.69, 9.17) is 0 Å². The number of fused-ring (bicyclic) bond motifs is 1. The number of aliphatic carboxylic acids is 1. The van der Waals surface area contributed by atoms with Gasteiger partial charge in [-0.3, -0.25) is 9.59 Å². The third-order valence-electron chi connectivity index (χ3n) is 4.78. The van der Waals surface area contributed by atoms with Gasteiger partial charge in [0.2, 0.25) is 5.91 Å². The van der Waals surface area contributed by atoms with E-state index >= 15 is 0 Å². The number of rotatable bonds is 2. The number of carbonyl (C=O) groups excluding carboxylic acids is 1. The van der Waals surface area contributed by atoms with Gasteiger partial charge in [0.1, 0.15) is 0 Å². The number of benzene rings is 1. The van der Waals surface area contributed by atoms with Gasteiger partial charge in [-0.15, -0.1) is 0 Å².